The van der Waals surface area contributed by atoms with E-state index in [1.807, 2.05) is 72.8 Å². The van der Waals surface area contributed by atoms with Crippen molar-refractivity contribution in [2.45, 2.75) is 36.9 Å². The van der Waals surface area contributed by atoms with Crippen molar-refractivity contribution in [2.75, 3.05) is 12.7 Å². The van der Waals surface area contributed by atoms with Crippen LogP contribution in [0.2, 0.25) is 0 Å². The van der Waals surface area contributed by atoms with Gasteiger partial charge in [0.1, 0.15) is 7.14 Å². The lowest BCUT2D eigenvalue weighted by Gasteiger charge is -2.26. The second kappa shape index (κ2) is 12.4. The Kier molecular flexibility index (Phi) is 8.80. The number of benzene rings is 4. The average molecular weight is 542 g/mol. The molecule has 38 heavy (non-hydrogen) atoms. The minimum atomic E-state index is -2.65. The van der Waals surface area contributed by atoms with Crippen LogP contribution in [-0.2, 0) is 33.8 Å². The minimum Gasteiger partial charge on any atom is -0.323 e. The maximum atomic E-state index is 14.7. The molecule has 4 aromatic carbocycles. The summed E-state index contributed by atoms with van der Waals surface area (Å²) in [6, 6.07) is 40.9. The van der Waals surface area contributed by atoms with Gasteiger partial charge in [-0.25, -0.2) is 0 Å². The molecular weight excluding hydrogens is 504 g/mol. The maximum Gasteiger partial charge on any atom is 0.112 e. The van der Waals surface area contributed by atoms with Crippen molar-refractivity contribution in [1.82, 2.24) is 5.32 Å². The van der Waals surface area contributed by atoms with Crippen molar-refractivity contribution in [3.63, 3.8) is 0 Å². The molecule has 1 N–H and O–H groups in total. The van der Waals surface area contributed by atoms with E-state index in [9.17, 15) is 9.13 Å². The van der Waals surface area contributed by atoms with E-state index in [1.165, 1.54) is 0 Å². The standard InChI is InChI=1S/C33H37NO2P2/c35-37(23-28-13-5-1-6-14-28,24-29-15-7-2-8-16-29)25-32-21-33(34-22-32)38(36,26-30-17-9-3-10-18-30)27-31-19-11-4-12-20-31/h1-20,32-34H,21-27H2. The van der Waals surface area contributed by atoms with E-state index >= 15 is 0 Å². The Labute approximate surface area is 227 Å². The SMILES string of the molecule is O=P(Cc1ccccc1)(Cc1ccccc1)CC1CNC(P(=O)(Cc2ccccc2)Cc2ccccc2)C1. The molecule has 3 nitrogen and oxygen atoms in total. The topological polar surface area (TPSA) is 46.2 Å². The summed E-state index contributed by atoms with van der Waals surface area (Å²) in [5.74, 6) is 0.188. The van der Waals surface area contributed by atoms with Crippen molar-refractivity contribution >= 4 is 14.3 Å². The third kappa shape index (κ3) is 7.23. The van der Waals surface area contributed by atoms with E-state index in [0.29, 0.717) is 30.8 Å². The molecule has 0 amide bonds. The molecule has 196 valence electrons. The molecule has 1 aliphatic heterocycles. The zero-order chi connectivity index (χ0) is 26.3. The predicted molar refractivity (Wildman–Crippen MR) is 161 cm³/mol. The van der Waals surface area contributed by atoms with E-state index < -0.39 is 14.3 Å². The molecule has 0 aromatic heterocycles. The van der Waals surface area contributed by atoms with Crippen molar-refractivity contribution in [3.05, 3.63) is 144 Å². The summed E-state index contributed by atoms with van der Waals surface area (Å²) >= 11 is 0. The lowest BCUT2D eigenvalue weighted by atomic mass is 10.2. The van der Waals surface area contributed by atoms with Crippen molar-refractivity contribution in [2.24, 2.45) is 5.92 Å². The predicted octanol–water partition coefficient (Wildman–Crippen LogP) is 8.45. The van der Waals surface area contributed by atoms with Crippen molar-refractivity contribution < 1.29 is 9.13 Å². The van der Waals surface area contributed by atoms with Crippen LogP contribution in [0.15, 0.2) is 121 Å². The number of nitrogens with one attached hydrogen (secondary N) is 1. The van der Waals surface area contributed by atoms with Crippen molar-refractivity contribution in [1.29, 1.82) is 0 Å². The van der Waals surface area contributed by atoms with Gasteiger partial charge in [0, 0.05) is 30.8 Å². The van der Waals surface area contributed by atoms with Gasteiger partial charge in [-0.15, -0.1) is 0 Å². The molecule has 2 unspecified atom stereocenters. The van der Waals surface area contributed by atoms with E-state index in [2.05, 4.69) is 53.8 Å². The molecule has 0 aliphatic carbocycles. The van der Waals surface area contributed by atoms with Gasteiger partial charge in [0.2, 0.25) is 0 Å². The molecule has 0 saturated carbocycles. The summed E-state index contributed by atoms with van der Waals surface area (Å²) in [6.07, 6.45) is 3.87. The number of hydrogen-bond donors (Lipinski definition) is 1. The molecule has 4 aromatic rings. The molecule has 5 heteroatoms. The highest BCUT2D eigenvalue weighted by molar-refractivity contribution is 7.63. The summed E-state index contributed by atoms with van der Waals surface area (Å²) in [6.45, 7) is 0.770. The van der Waals surface area contributed by atoms with Gasteiger partial charge in [-0.3, -0.25) is 0 Å². The molecule has 0 spiro atoms. The third-order valence-corrected chi connectivity index (χ3v) is 14.0. The summed E-state index contributed by atoms with van der Waals surface area (Å²) < 4.78 is 29.3. The van der Waals surface area contributed by atoms with Crippen LogP contribution in [0.4, 0.5) is 0 Å². The molecule has 2 atom stereocenters. The Bertz CT molecular complexity index is 1290. The lowest BCUT2D eigenvalue weighted by Crippen LogP contribution is -2.23. The highest BCUT2D eigenvalue weighted by atomic mass is 31.2. The number of hydrogen-bond acceptors (Lipinski definition) is 3. The highest BCUT2D eigenvalue weighted by Gasteiger charge is 2.40. The molecule has 1 fully saturated rings. The molecule has 1 heterocycles. The first kappa shape index (κ1) is 26.9. The Morgan fingerprint density at radius 3 is 1.32 bits per heavy atom. The first-order valence-corrected chi connectivity index (χ1v) is 17.9. The van der Waals surface area contributed by atoms with Crippen LogP contribution in [0.5, 0.6) is 0 Å². The normalized spacial score (nSPS) is 17.9. The fraction of sp³-hybridized carbons (Fsp3) is 0.273. The van der Waals surface area contributed by atoms with Crippen LogP contribution in [0, 0.1) is 5.92 Å². The Morgan fingerprint density at radius 1 is 0.553 bits per heavy atom. The smallest absolute Gasteiger partial charge is 0.112 e. The van der Waals surface area contributed by atoms with Gasteiger partial charge in [0.05, 0.1) is 12.9 Å². The lowest BCUT2D eigenvalue weighted by molar-refractivity contribution is 0.546. The van der Waals surface area contributed by atoms with Gasteiger partial charge in [-0.2, -0.15) is 0 Å². The maximum absolute atomic E-state index is 14.7. The summed E-state index contributed by atoms with van der Waals surface area (Å²) in [7, 11) is -5.20. The first-order valence-electron chi connectivity index (χ1n) is 13.5. The fourth-order valence-corrected chi connectivity index (χ4v) is 12.5. The highest BCUT2D eigenvalue weighted by Crippen LogP contribution is 2.60. The van der Waals surface area contributed by atoms with Crippen LogP contribution >= 0.6 is 14.3 Å². The molecule has 1 aliphatic rings. The van der Waals surface area contributed by atoms with E-state index in [1.54, 1.807) is 0 Å². The van der Waals surface area contributed by atoms with Gasteiger partial charge in [0.15, 0.2) is 0 Å². The second-order valence-corrected chi connectivity index (χ2v) is 17.1. The van der Waals surface area contributed by atoms with Crippen LogP contribution < -0.4 is 5.32 Å². The summed E-state index contributed by atoms with van der Waals surface area (Å²) in [4.78, 5) is 0. The van der Waals surface area contributed by atoms with Gasteiger partial charge < -0.3 is 14.4 Å². The second-order valence-electron chi connectivity index (χ2n) is 10.8. The molecule has 0 radical (unpaired) electrons. The van der Waals surface area contributed by atoms with Gasteiger partial charge in [-0.1, -0.05) is 121 Å². The van der Waals surface area contributed by atoms with E-state index in [-0.39, 0.29) is 11.7 Å². The molecule has 5 rings (SSSR count). The van der Waals surface area contributed by atoms with Gasteiger partial charge >= 0.3 is 0 Å². The fourth-order valence-electron chi connectivity index (χ4n) is 5.83. The van der Waals surface area contributed by atoms with Crippen LogP contribution in [-0.4, -0.2) is 18.5 Å². The number of rotatable bonds is 11. The third-order valence-electron chi connectivity index (χ3n) is 7.57. The minimum absolute atomic E-state index is 0.0604. The van der Waals surface area contributed by atoms with Crippen molar-refractivity contribution in [3.8, 4) is 0 Å². The first-order chi connectivity index (χ1) is 18.5. The zero-order valence-corrected chi connectivity index (χ0v) is 23.7. The van der Waals surface area contributed by atoms with Crippen LogP contribution in [0.1, 0.15) is 28.7 Å². The van der Waals surface area contributed by atoms with E-state index in [0.717, 1.165) is 35.2 Å². The molecular formula is C33H37NO2P2. The van der Waals surface area contributed by atoms with Crippen LogP contribution in [0.25, 0.3) is 0 Å². The Morgan fingerprint density at radius 2 is 0.921 bits per heavy atom. The Balaban J connectivity index is 1.35. The summed E-state index contributed by atoms with van der Waals surface area (Å²) in [5.41, 5.74) is 4.51. The van der Waals surface area contributed by atoms with Crippen LogP contribution in [0.3, 0.4) is 0 Å². The van der Waals surface area contributed by atoms with E-state index in [4.69, 9.17) is 0 Å². The zero-order valence-electron chi connectivity index (χ0n) is 21.9. The summed E-state index contributed by atoms with van der Waals surface area (Å²) in [5, 5.41) is 3.65. The molecule has 1 saturated heterocycles. The Hall–Kier alpha value is -2.70. The molecule has 0 bridgehead atoms. The van der Waals surface area contributed by atoms with Gasteiger partial charge in [0.25, 0.3) is 0 Å². The van der Waals surface area contributed by atoms with Gasteiger partial charge in [-0.05, 0) is 41.1 Å². The quantitative estimate of drug-likeness (QED) is 0.194. The largest absolute Gasteiger partial charge is 0.323 e. The average Bonchev–Trinajstić information content (AvgIpc) is 3.40. The monoisotopic (exact) mass is 541 g/mol.